The number of halogens is 1. The van der Waals surface area contributed by atoms with Crippen molar-refractivity contribution in [3.05, 3.63) is 84.1 Å². The second-order valence-corrected chi connectivity index (χ2v) is 6.87. The summed E-state index contributed by atoms with van der Waals surface area (Å²) in [6, 6.07) is 14.1. The predicted molar refractivity (Wildman–Crippen MR) is 110 cm³/mol. The Balaban J connectivity index is 1.38. The van der Waals surface area contributed by atoms with Gasteiger partial charge >= 0.3 is 0 Å². The quantitative estimate of drug-likeness (QED) is 0.725. The van der Waals surface area contributed by atoms with Crippen molar-refractivity contribution in [2.75, 3.05) is 36.0 Å². The van der Waals surface area contributed by atoms with Gasteiger partial charge in [-0.3, -0.25) is 9.78 Å². The fraction of sp³-hybridized carbons (Fsp3) is 0.227. The van der Waals surface area contributed by atoms with Gasteiger partial charge in [0.15, 0.2) is 0 Å². The highest BCUT2D eigenvalue weighted by molar-refractivity contribution is 5.94. The van der Waals surface area contributed by atoms with Crippen molar-refractivity contribution in [2.45, 2.75) is 6.54 Å². The molecule has 1 saturated heterocycles. The second-order valence-electron chi connectivity index (χ2n) is 6.87. The summed E-state index contributed by atoms with van der Waals surface area (Å²) in [5.41, 5.74) is 2.19. The molecular weight excluding hydrogens is 369 g/mol. The van der Waals surface area contributed by atoms with E-state index in [1.807, 2.05) is 23.1 Å². The molecule has 0 radical (unpaired) electrons. The molecule has 148 valence electrons. The van der Waals surface area contributed by atoms with Crippen molar-refractivity contribution >= 4 is 17.4 Å². The van der Waals surface area contributed by atoms with Gasteiger partial charge in [0.05, 0.1) is 5.69 Å². The molecule has 1 aliphatic heterocycles. The Morgan fingerprint density at radius 1 is 0.966 bits per heavy atom. The van der Waals surface area contributed by atoms with Gasteiger partial charge in [0.2, 0.25) is 0 Å². The lowest BCUT2D eigenvalue weighted by molar-refractivity contribution is 0.0951. The van der Waals surface area contributed by atoms with Crippen LogP contribution in [0.1, 0.15) is 15.9 Å². The van der Waals surface area contributed by atoms with Crippen LogP contribution in [0.5, 0.6) is 0 Å². The van der Waals surface area contributed by atoms with Crippen LogP contribution in [0.4, 0.5) is 15.9 Å². The largest absolute Gasteiger partial charge is 0.366 e. The maximum atomic E-state index is 14.0. The van der Waals surface area contributed by atoms with Gasteiger partial charge in [-0.2, -0.15) is 0 Å². The van der Waals surface area contributed by atoms with Crippen molar-refractivity contribution in [1.82, 2.24) is 15.3 Å². The Labute approximate surface area is 169 Å². The Morgan fingerprint density at radius 2 is 1.69 bits per heavy atom. The summed E-state index contributed by atoms with van der Waals surface area (Å²) in [4.78, 5) is 25.1. The molecule has 2 aromatic heterocycles. The SMILES string of the molecule is O=C(NCc1ccncc1)c1ccnc(N2CCN(c3ccccc3F)CC2)c1. The summed E-state index contributed by atoms with van der Waals surface area (Å²) < 4.78 is 14.0. The zero-order chi connectivity index (χ0) is 20.1. The van der Waals surface area contributed by atoms with Gasteiger partial charge in [0.1, 0.15) is 11.6 Å². The number of aromatic nitrogens is 2. The van der Waals surface area contributed by atoms with E-state index in [0.29, 0.717) is 44.0 Å². The molecule has 1 N–H and O–H groups in total. The molecule has 4 rings (SSSR count). The maximum absolute atomic E-state index is 14.0. The molecule has 29 heavy (non-hydrogen) atoms. The molecular formula is C22H22FN5O. The number of piperazine rings is 1. The van der Waals surface area contributed by atoms with Crippen LogP contribution in [0.2, 0.25) is 0 Å². The van der Waals surface area contributed by atoms with E-state index in [9.17, 15) is 9.18 Å². The molecule has 1 aliphatic rings. The number of benzene rings is 1. The molecule has 1 aromatic carbocycles. The maximum Gasteiger partial charge on any atom is 0.251 e. The molecule has 0 spiro atoms. The van der Waals surface area contributed by atoms with Crippen molar-refractivity contribution in [2.24, 2.45) is 0 Å². The van der Waals surface area contributed by atoms with E-state index in [1.165, 1.54) is 6.07 Å². The zero-order valence-electron chi connectivity index (χ0n) is 16.0. The highest BCUT2D eigenvalue weighted by atomic mass is 19.1. The fourth-order valence-corrected chi connectivity index (χ4v) is 3.40. The molecule has 0 unspecified atom stereocenters. The van der Waals surface area contributed by atoms with Crippen LogP contribution in [-0.2, 0) is 6.54 Å². The first-order valence-electron chi connectivity index (χ1n) is 9.58. The van der Waals surface area contributed by atoms with Gasteiger partial charge in [-0.25, -0.2) is 9.37 Å². The normalized spacial score (nSPS) is 14.0. The summed E-state index contributed by atoms with van der Waals surface area (Å²) in [5.74, 6) is 0.414. The Hall–Kier alpha value is -3.48. The molecule has 3 heterocycles. The molecule has 7 heteroatoms. The number of carbonyl (C=O) groups excluding carboxylic acids is 1. The molecule has 1 amide bonds. The third kappa shape index (κ3) is 4.51. The molecule has 1 fully saturated rings. The van der Waals surface area contributed by atoms with E-state index in [2.05, 4.69) is 20.2 Å². The first-order valence-corrected chi connectivity index (χ1v) is 9.58. The predicted octanol–water partition coefficient (Wildman–Crippen LogP) is 2.87. The fourth-order valence-electron chi connectivity index (χ4n) is 3.40. The number of hydrogen-bond donors (Lipinski definition) is 1. The number of carbonyl (C=O) groups is 1. The third-order valence-electron chi connectivity index (χ3n) is 5.01. The van der Waals surface area contributed by atoms with Crippen molar-refractivity contribution in [3.63, 3.8) is 0 Å². The standard InChI is InChI=1S/C22H22FN5O/c23-19-3-1-2-4-20(19)27-11-13-28(14-12-27)21-15-18(7-10-25-21)22(29)26-16-17-5-8-24-9-6-17/h1-10,15H,11-14,16H2,(H,26,29). The summed E-state index contributed by atoms with van der Waals surface area (Å²) in [6.45, 7) is 3.26. The van der Waals surface area contributed by atoms with Crippen LogP contribution in [0.25, 0.3) is 0 Å². The van der Waals surface area contributed by atoms with Crippen LogP contribution in [-0.4, -0.2) is 42.1 Å². The van der Waals surface area contributed by atoms with Gasteiger partial charge in [-0.15, -0.1) is 0 Å². The number of para-hydroxylation sites is 1. The van der Waals surface area contributed by atoms with Crippen LogP contribution < -0.4 is 15.1 Å². The van der Waals surface area contributed by atoms with E-state index in [1.54, 1.807) is 42.9 Å². The lowest BCUT2D eigenvalue weighted by atomic mass is 10.2. The van der Waals surface area contributed by atoms with Crippen molar-refractivity contribution in [3.8, 4) is 0 Å². The Morgan fingerprint density at radius 3 is 2.45 bits per heavy atom. The lowest BCUT2D eigenvalue weighted by Gasteiger charge is -2.36. The van der Waals surface area contributed by atoms with Crippen LogP contribution >= 0.6 is 0 Å². The minimum absolute atomic E-state index is 0.143. The zero-order valence-corrected chi connectivity index (χ0v) is 16.0. The van der Waals surface area contributed by atoms with Gasteiger partial charge in [-0.1, -0.05) is 12.1 Å². The lowest BCUT2D eigenvalue weighted by Crippen LogP contribution is -2.47. The number of hydrogen-bond acceptors (Lipinski definition) is 5. The van der Waals surface area contributed by atoms with Crippen LogP contribution in [0.3, 0.4) is 0 Å². The van der Waals surface area contributed by atoms with Crippen LogP contribution in [0, 0.1) is 5.82 Å². The van der Waals surface area contributed by atoms with E-state index in [4.69, 9.17) is 0 Å². The van der Waals surface area contributed by atoms with E-state index in [0.717, 1.165) is 11.4 Å². The van der Waals surface area contributed by atoms with Crippen LogP contribution in [0.15, 0.2) is 67.1 Å². The monoisotopic (exact) mass is 391 g/mol. The van der Waals surface area contributed by atoms with Gasteiger partial charge in [0.25, 0.3) is 5.91 Å². The molecule has 0 atom stereocenters. The Kier molecular flexibility index (Phi) is 5.65. The van der Waals surface area contributed by atoms with Crippen molar-refractivity contribution in [1.29, 1.82) is 0 Å². The Bertz CT molecular complexity index is 974. The van der Waals surface area contributed by atoms with Gasteiger partial charge in [0, 0.05) is 56.9 Å². The minimum atomic E-state index is -0.202. The summed E-state index contributed by atoms with van der Waals surface area (Å²) in [5, 5.41) is 2.92. The number of pyridine rings is 2. The molecule has 6 nitrogen and oxygen atoms in total. The average Bonchev–Trinajstić information content (AvgIpc) is 2.79. The minimum Gasteiger partial charge on any atom is -0.366 e. The first-order chi connectivity index (χ1) is 14.2. The average molecular weight is 391 g/mol. The first kappa shape index (κ1) is 18.9. The molecule has 0 aliphatic carbocycles. The van der Waals surface area contributed by atoms with Gasteiger partial charge in [-0.05, 0) is 42.0 Å². The van der Waals surface area contributed by atoms with Gasteiger partial charge < -0.3 is 15.1 Å². The highest BCUT2D eigenvalue weighted by Gasteiger charge is 2.20. The number of amides is 1. The molecule has 0 bridgehead atoms. The topological polar surface area (TPSA) is 61.4 Å². The van der Waals surface area contributed by atoms with E-state index < -0.39 is 0 Å². The number of nitrogens with zero attached hydrogens (tertiary/aromatic N) is 4. The second kappa shape index (κ2) is 8.68. The number of anilines is 2. The summed E-state index contributed by atoms with van der Waals surface area (Å²) >= 11 is 0. The summed E-state index contributed by atoms with van der Waals surface area (Å²) in [7, 11) is 0. The third-order valence-corrected chi connectivity index (χ3v) is 5.01. The van der Waals surface area contributed by atoms with E-state index >= 15 is 0 Å². The smallest absolute Gasteiger partial charge is 0.251 e. The number of nitrogens with one attached hydrogen (secondary N) is 1. The number of rotatable bonds is 5. The van der Waals surface area contributed by atoms with Crippen molar-refractivity contribution < 1.29 is 9.18 Å². The highest BCUT2D eigenvalue weighted by Crippen LogP contribution is 2.22. The molecule has 3 aromatic rings. The molecule has 0 saturated carbocycles. The summed E-state index contributed by atoms with van der Waals surface area (Å²) in [6.07, 6.45) is 5.06. The van der Waals surface area contributed by atoms with E-state index in [-0.39, 0.29) is 11.7 Å².